The lowest BCUT2D eigenvalue weighted by molar-refractivity contribution is -0.148. The van der Waals surface area contributed by atoms with Gasteiger partial charge in [-0.15, -0.1) is 0 Å². The molecule has 132 valence electrons. The number of rotatable bonds is 6. The minimum absolute atomic E-state index is 0.0417. The number of hydrogen-bond acceptors (Lipinski definition) is 6. The summed E-state index contributed by atoms with van der Waals surface area (Å²) in [5.74, 6) is -0.376. The zero-order valence-electron chi connectivity index (χ0n) is 13.9. The van der Waals surface area contributed by atoms with Crippen molar-refractivity contribution in [2.24, 2.45) is 5.92 Å². The zero-order chi connectivity index (χ0) is 16.7. The summed E-state index contributed by atoms with van der Waals surface area (Å²) in [5.41, 5.74) is -0.904. The van der Waals surface area contributed by atoms with E-state index in [2.05, 4.69) is 10.2 Å². The number of ether oxygens (including phenoxy) is 2. The van der Waals surface area contributed by atoms with Gasteiger partial charge >= 0.3 is 5.97 Å². The van der Waals surface area contributed by atoms with Crippen LogP contribution in [0.4, 0.5) is 0 Å². The second-order valence-corrected chi connectivity index (χ2v) is 6.50. The second-order valence-electron chi connectivity index (χ2n) is 6.50. The van der Waals surface area contributed by atoms with Crippen LogP contribution in [-0.4, -0.2) is 74.0 Å². The third-order valence-corrected chi connectivity index (χ3v) is 4.82. The molecule has 0 spiro atoms. The topological polar surface area (TPSA) is 88.1 Å². The van der Waals surface area contributed by atoms with Crippen molar-refractivity contribution in [1.29, 1.82) is 0 Å². The Bertz CT molecular complexity index is 401. The Kier molecular flexibility index (Phi) is 6.80. The molecular weight excluding hydrogens is 300 g/mol. The van der Waals surface area contributed by atoms with Gasteiger partial charge in [0, 0.05) is 32.6 Å². The number of methoxy groups -OCH3 is 1. The van der Waals surface area contributed by atoms with Crippen LogP contribution in [0.5, 0.6) is 0 Å². The van der Waals surface area contributed by atoms with E-state index in [1.54, 1.807) is 0 Å². The first-order valence-electron chi connectivity index (χ1n) is 8.39. The summed E-state index contributed by atoms with van der Waals surface area (Å²) in [7, 11) is 1.39. The molecule has 1 saturated heterocycles. The quantitative estimate of drug-likeness (QED) is 0.663. The van der Waals surface area contributed by atoms with Crippen molar-refractivity contribution in [3.05, 3.63) is 0 Å². The lowest BCUT2D eigenvalue weighted by atomic mass is 9.79. The number of nitrogens with one attached hydrogen (secondary N) is 1. The van der Waals surface area contributed by atoms with Gasteiger partial charge in [0.2, 0.25) is 5.91 Å². The molecule has 0 aromatic rings. The van der Waals surface area contributed by atoms with E-state index >= 15 is 0 Å². The van der Waals surface area contributed by atoms with Crippen molar-refractivity contribution < 1.29 is 24.2 Å². The molecule has 0 aromatic carbocycles. The Morgan fingerprint density at radius 1 is 1.30 bits per heavy atom. The maximum Gasteiger partial charge on any atom is 0.308 e. The van der Waals surface area contributed by atoms with Gasteiger partial charge in [0.25, 0.3) is 0 Å². The van der Waals surface area contributed by atoms with Gasteiger partial charge in [0.1, 0.15) is 0 Å². The minimum Gasteiger partial charge on any atom is -0.469 e. The highest BCUT2D eigenvalue weighted by Gasteiger charge is 2.36. The van der Waals surface area contributed by atoms with Gasteiger partial charge in [-0.1, -0.05) is 0 Å². The van der Waals surface area contributed by atoms with E-state index in [1.165, 1.54) is 7.11 Å². The highest BCUT2D eigenvalue weighted by Crippen LogP contribution is 2.32. The molecule has 2 aliphatic rings. The Morgan fingerprint density at radius 3 is 2.57 bits per heavy atom. The number of hydrogen-bond donors (Lipinski definition) is 2. The van der Waals surface area contributed by atoms with Crippen LogP contribution in [-0.2, 0) is 19.1 Å². The maximum absolute atomic E-state index is 11.9. The van der Waals surface area contributed by atoms with Crippen molar-refractivity contribution in [2.75, 3.05) is 46.5 Å². The summed E-state index contributed by atoms with van der Waals surface area (Å²) in [6, 6.07) is 0. The van der Waals surface area contributed by atoms with E-state index in [9.17, 15) is 14.7 Å². The van der Waals surface area contributed by atoms with Gasteiger partial charge in [-0.2, -0.15) is 0 Å². The molecule has 0 bridgehead atoms. The maximum atomic E-state index is 11.9. The van der Waals surface area contributed by atoms with Gasteiger partial charge in [-0.05, 0) is 25.7 Å². The number of nitrogens with zero attached hydrogens (tertiary/aromatic N) is 1. The number of carbonyl (C=O) groups excluding carboxylic acids is 2. The minimum atomic E-state index is -0.904. The number of aliphatic hydroxyl groups is 1. The predicted molar refractivity (Wildman–Crippen MR) is 83.8 cm³/mol. The van der Waals surface area contributed by atoms with Gasteiger partial charge in [0.15, 0.2) is 0 Å². The summed E-state index contributed by atoms with van der Waals surface area (Å²) < 4.78 is 10.0. The van der Waals surface area contributed by atoms with Gasteiger partial charge in [-0.25, -0.2) is 0 Å². The highest BCUT2D eigenvalue weighted by molar-refractivity contribution is 5.76. The van der Waals surface area contributed by atoms with E-state index in [0.29, 0.717) is 32.1 Å². The highest BCUT2D eigenvalue weighted by atomic mass is 16.5. The Labute approximate surface area is 137 Å². The molecule has 2 N–H and O–H groups in total. The number of morpholine rings is 1. The van der Waals surface area contributed by atoms with Crippen LogP contribution in [0.25, 0.3) is 0 Å². The second kappa shape index (κ2) is 8.61. The average Bonchev–Trinajstić information content (AvgIpc) is 2.59. The number of amides is 1. The normalized spacial score (nSPS) is 29.0. The van der Waals surface area contributed by atoms with Crippen LogP contribution in [0, 0.1) is 5.92 Å². The molecular formula is C16H28N2O5. The van der Waals surface area contributed by atoms with Crippen LogP contribution < -0.4 is 5.32 Å². The first-order chi connectivity index (χ1) is 11.0. The summed E-state index contributed by atoms with van der Waals surface area (Å²) in [4.78, 5) is 25.6. The number of esters is 1. The summed E-state index contributed by atoms with van der Waals surface area (Å²) in [6.07, 6.45) is 2.66. The van der Waals surface area contributed by atoms with Crippen LogP contribution >= 0.6 is 0 Å². The third-order valence-electron chi connectivity index (χ3n) is 4.82. The number of carbonyl (C=O) groups is 2. The summed E-state index contributed by atoms with van der Waals surface area (Å²) in [5, 5.41) is 13.3. The molecule has 7 heteroatoms. The van der Waals surface area contributed by atoms with Gasteiger partial charge < -0.3 is 19.9 Å². The van der Waals surface area contributed by atoms with Crippen molar-refractivity contribution in [1.82, 2.24) is 10.2 Å². The molecule has 0 radical (unpaired) electrons. The molecule has 1 heterocycles. The Hall–Kier alpha value is -1.18. The van der Waals surface area contributed by atoms with Crippen LogP contribution in [0.1, 0.15) is 32.1 Å². The van der Waals surface area contributed by atoms with Crippen LogP contribution in [0.2, 0.25) is 0 Å². The monoisotopic (exact) mass is 328 g/mol. The fraction of sp³-hybridized carbons (Fsp3) is 0.875. The molecule has 23 heavy (non-hydrogen) atoms. The smallest absolute Gasteiger partial charge is 0.308 e. The molecule has 0 unspecified atom stereocenters. The Balaban J connectivity index is 1.64. The molecule has 0 atom stereocenters. The molecule has 2 fully saturated rings. The van der Waals surface area contributed by atoms with Crippen molar-refractivity contribution in [2.45, 2.75) is 37.7 Å². The van der Waals surface area contributed by atoms with E-state index in [1.807, 2.05) is 0 Å². The van der Waals surface area contributed by atoms with E-state index in [0.717, 1.165) is 32.8 Å². The van der Waals surface area contributed by atoms with E-state index in [4.69, 9.17) is 9.47 Å². The largest absolute Gasteiger partial charge is 0.469 e. The fourth-order valence-corrected chi connectivity index (χ4v) is 3.17. The SMILES string of the molecule is COC(=O)C1CCC(O)(CNC(=O)CCN2CCOCC2)CC1. The lowest BCUT2D eigenvalue weighted by Gasteiger charge is -2.35. The summed E-state index contributed by atoms with van der Waals surface area (Å²) >= 11 is 0. The molecule has 1 saturated carbocycles. The van der Waals surface area contributed by atoms with Crippen LogP contribution in [0.3, 0.4) is 0 Å². The molecule has 2 rings (SSSR count). The van der Waals surface area contributed by atoms with Crippen molar-refractivity contribution >= 4 is 11.9 Å². The molecule has 1 amide bonds. The molecule has 1 aliphatic carbocycles. The standard InChI is InChI=1S/C16H28N2O5/c1-22-15(20)13-2-5-16(21,6-3-13)12-17-14(19)4-7-18-8-10-23-11-9-18/h13,21H,2-12H2,1H3,(H,17,19). The zero-order valence-corrected chi connectivity index (χ0v) is 13.9. The molecule has 7 nitrogen and oxygen atoms in total. The predicted octanol–water partition coefficient (Wildman–Crippen LogP) is -0.0808. The first kappa shape index (κ1) is 18.2. The fourth-order valence-electron chi connectivity index (χ4n) is 3.17. The molecule has 1 aliphatic heterocycles. The van der Waals surface area contributed by atoms with Crippen molar-refractivity contribution in [3.63, 3.8) is 0 Å². The van der Waals surface area contributed by atoms with Gasteiger partial charge in [-0.3, -0.25) is 14.5 Å². The average molecular weight is 328 g/mol. The van der Waals surface area contributed by atoms with E-state index in [-0.39, 0.29) is 24.3 Å². The van der Waals surface area contributed by atoms with Crippen LogP contribution in [0.15, 0.2) is 0 Å². The van der Waals surface area contributed by atoms with Crippen molar-refractivity contribution in [3.8, 4) is 0 Å². The Morgan fingerprint density at radius 2 is 1.96 bits per heavy atom. The lowest BCUT2D eigenvalue weighted by Crippen LogP contribution is -2.47. The summed E-state index contributed by atoms with van der Waals surface area (Å²) in [6.45, 7) is 4.16. The van der Waals surface area contributed by atoms with E-state index < -0.39 is 5.60 Å². The third kappa shape index (κ3) is 5.75. The first-order valence-corrected chi connectivity index (χ1v) is 8.39. The molecule has 0 aromatic heterocycles. The van der Waals surface area contributed by atoms with Gasteiger partial charge in [0.05, 0.1) is 31.8 Å².